The molecule has 3 atom stereocenters. The Bertz CT molecular complexity index is 787. The van der Waals surface area contributed by atoms with Crippen LogP contribution < -0.4 is 15.5 Å². The minimum atomic E-state index is -0.717. The van der Waals surface area contributed by atoms with Crippen LogP contribution in [0.1, 0.15) is 37.6 Å². The minimum Gasteiger partial charge on any atom is -0.369 e. The van der Waals surface area contributed by atoms with Gasteiger partial charge in [0.1, 0.15) is 18.7 Å². The van der Waals surface area contributed by atoms with Gasteiger partial charge in [-0.15, -0.1) is 0 Å². The first-order valence-corrected chi connectivity index (χ1v) is 11.0. The monoisotopic (exact) mass is 430 g/mol. The van der Waals surface area contributed by atoms with Crippen molar-refractivity contribution in [2.24, 2.45) is 5.92 Å². The van der Waals surface area contributed by atoms with Crippen LogP contribution in [0.5, 0.6) is 0 Å². The van der Waals surface area contributed by atoms with Gasteiger partial charge in [0.15, 0.2) is 5.78 Å². The van der Waals surface area contributed by atoms with Crippen LogP contribution in [0.15, 0.2) is 24.3 Å². The lowest BCUT2D eigenvalue weighted by Gasteiger charge is -2.34. The van der Waals surface area contributed by atoms with Gasteiger partial charge in [-0.1, -0.05) is 13.8 Å². The molecule has 31 heavy (non-hydrogen) atoms. The standard InChI is InChI=1S/C23H34N4O4/c1-15(2)13-19(23(30)25-21-16(3)31-14-20(21)28)24-22(29)17-5-7-18(8-6-17)27-11-9-26(4)10-12-27/h5-8,15-16,19,21H,9-14H2,1-4H3,(H,24,29)(H,25,30). The molecule has 0 aliphatic carbocycles. The van der Waals surface area contributed by atoms with Crippen molar-refractivity contribution in [1.82, 2.24) is 15.5 Å². The molecule has 2 N–H and O–H groups in total. The van der Waals surface area contributed by atoms with Crippen LogP contribution in [0, 0.1) is 5.92 Å². The number of benzene rings is 1. The van der Waals surface area contributed by atoms with E-state index in [2.05, 4.69) is 27.5 Å². The predicted octanol–water partition coefficient (Wildman–Crippen LogP) is 1.06. The number of nitrogens with zero attached hydrogens (tertiary/aromatic N) is 2. The summed E-state index contributed by atoms with van der Waals surface area (Å²) in [6.07, 6.45) is 0.113. The van der Waals surface area contributed by atoms with Gasteiger partial charge in [0.2, 0.25) is 5.91 Å². The third-order valence-electron chi connectivity index (χ3n) is 5.93. The highest BCUT2D eigenvalue weighted by atomic mass is 16.5. The topological polar surface area (TPSA) is 91.0 Å². The SMILES string of the molecule is CC(C)CC(NC(=O)c1ccc(N2CCN(C)CC2)cc1)C(=O)NC1C(=O)COC1C. The molecular formula is C23H34N4O4. The summed E-state index contributed by atoms with van der Waals surface area (Å²) in [6, 6.07) is 6.11. The summed E-state index contributed by atoms with van der Waals surface area (Å²) in [4.78, 5) is 42.2. The van der Waals surface area contributed by atoms with Gasteiger partial charge in [-0.2, -0.15) is 0 Å². The van der Waals surface area contributed by atoms with E-state index in [1.54, 1.807) is 19.1 Å². The number of carbonyl (C=O) groups is 3. The van der Waals surface area contributed by atoms with E-state index in [4.69, 9.17) is 4.74 Å². The lowest BCUT2D eigenvalue weighted by Crippen LogP contribution is -2.53. The van der Waals surface area contributed by atoms with Gasteiger partial charge >= 0.3 is 0 Å². The molecule has 2 saturated heterocycles. The molecule has 2 aliphatic heterocycles. The smallest absolute Gasteiger partial charge is 0.251 e. The molecule has 3 unspecified atom stereocenters. The van der Waals surface area contributed by atoms with Gasteiger partial charge in [-0.25, -0.2) is 0 Å². The second kappa shape index (κ2) is 10.2. The molecule has 0 radical (unpaired) electrons. The summed E-state index contributed by atoms with van der Waals surface area (Å²) in [5, 5.41) is 5.61. The number of hydrogen-bond acceptors (Lipinski definition) is 6. The molecule has 1 aromatic carbocycles. The van der Waals surface area contributed by atoms with Crippen molar-refractivity contribution in [3.05, 3.63) is 29.8 Å². The minimum absolute atomic E-state index is 0.00692. The maximum absolute atomic E-state index is 12.8. The zero-order valence-corrected chi connectivity index (χ0v) is 18.9. The number of Topliss-reactive ketones (excluding diaryl/α,β-unsaturated/α-hetero) is 1. The number of hydrogen-bond donors (Lipinski definition) is 2. The molecule has 8 heteroatoms. The van der Waals surface area contributed by atoms with E-state index >= 15 is 0 Å². The van der Waals surface area contributed by atoms with Crippen molar-refractivity contribution in [3.63, 3.8) is 0 Å². The number of carbonyl (C=O) groups excluding carboxylic acids is 3. The summed E-state index contributed by atoms with van der Waals surface area (Å²) < 4.78 is 5.30. The van der Waals surface area contributed by atoms with Gasteiger partial charge in [0, 0.05) is 37.4 Å². The van der Waals surface area contributed by atoms with Crippen LogP contribution >= 0.6 is 0 Å². The van der Waals surface area contributed by atoms with E-state index < -0.39 is 12.1 Å². The second-order valence-electron chi connectivity index (χ2n) is 8.96. The fraction of sp³-hybridized carbons (Fsp3) is 0.609. The van der Waals surface area contributed by atoms with Crippen molar-refractivity contribution in [2.45, 2.75) is 45.4 Å². The second-order valence-corrected chi connectivity index (χ2v) is 8.96. The Morgan fingerprint density at radius 3 is 2.32 bits per heavy atom. The van der Waals surface area contributed by atoms with Crippen LogP contribution in [-0.2, 0) is 14.3 Å². The van der Waals surface area contributed by atoms with Crippen molar-refractivity contribution < 1.29 is 19.1 Å². The average Bonchev–Trinajstić information content (AvgIpc) is 3.05. The summed E-state index contributed by atoms with van der Waals surface area (Å²) in [5.41, 5.74) is 1.60. The lowest BCUT2D eigenvalue weighted by atomic mass is 10.0. The molecule has 2 heterocycles. The van der Waals surface area contributed by atoms with Gasteiger partial charge < -0.3 is 25.2 Å². The third-order valence-corrected chi connectivity index (χ3v) is 5.93. The normalized spacial score (nSPS) is 23.1. The Morgan fingerprint density at radius 1 is 1.13 bits per heavy atom. The van der Waals surface area contributed by atoms with Crippen molar-refractivity contribution in [2.75, 3.05) is 44.7 Å². The molecule has 2 fully saturated rings. The molecule has 2 aliphatic rings. The van der Waals surface area contributed by atoms with E-state index in [1.807, 2.05) is 26.0 Å². The van der Waals surface area contributed by atoms with E-state index in [-0.39, 0.29) is 36.2 Å². The Kier molecular flexibility index (Phi) is 7.67. The van der Waals surface area contributed by atoms with E-state index in [0.29, 0.717) is 12.0 Å². The molecule has 0 spiro atoms. The van der Waals surface area contributed by atoms with Crippen molar-refractivity contribution in [3.8, 4) is 0 Å². The number of piperazine rings is 1. The predicted molar refractivity (Wildman–Crippen MR) is 119 cm³/mol. The number of rotatable bonds is 7. The summed E-state index contributed by atoms with van der Waals surface area (Å²) in [7, 11) is 2.12. The van der Waals surface area contributed by atoms with Crippen LogP contribution in [0.4, 0.5) is 5.69 Å². The maximum Gasteiger partial charge on any atom is 0.251 e. The fourth-order valence-corrected chi connectivity index (χ4v) is 3.95. The summed E-state index contributed by atoms with van der Waals surface area (Å²) in [5.74, 6) is -0.599. The Labute approximate surface area is 184 Å². The molecule has 0 saturated carbocycles. The Balaban J connectivity index is 1.63. The van der Waals surface area contributed by atoms with Crippen LogP contribution in [0.3, 0.4) is 0 Å². The first-order valence-electron chi connectivity index (χ1n) is 11.0. The maximum atomic E-state index is 12.8. The molecule has 3 rings (SSSR count). The molecule has 1 aromatic rings. The molecule has 0 bridgehead atoms. The lowest BCUT2D eigenvalue weighted by molar-refractivity contribution is -0.127. The number of anilines is 1. The van der Waals surface area contributed by atoms with E-state index in [9.17, 15) is 14.4 Å². The van der Waals surface area contributed by atoms with Crippen LogP contribution in [0.2, 0.25) is 0 Å². The number of amides is 2. The highest BCUT2D eigenvalue weighted by Crippen LogP contribution is 2.18. The summed E-state index contributed by atoms with van der Waals surface area (Å²) >= 11 is 0. The largest absolute Gasteiger partial charge is 0.369 e. The average molecular weight is 431 g/mol. The molecule has 170 valence electrons. The van der Waals surface area contributed by atoms with Crippen LogP contribution in [0.25, 0.3) is 0 Å². The fourth-order valence-electron chi connectivity index (χ4n) is 3.95. The zero-order valence-electron chi connectivity index (χ0n) is 18.9. The first-order chi connectivity index (χ1) is 14.7. The van der Waals surface area contributed by atoms with Gasteiger partial charge in [-0.3, -0.25) is 14.4 Å². The number of ether oxygens (including phenoxy) is 1. The Hall–Kier alpha value is -2.45. The quantitative estimate of drug-likeness (QED) is 0.672. The summed E-state index contributed by atoms with van der Waals surface area (Å²) in [6.45, 7) is 9.69. The molecule has 0 aromatic heterocycles. The van der Waals surface area contributed by atoms with Crippen molar-refractivity contribution in [1.29, 1.82) is 0 Å². The van der Waals surface area contributed by atoms with Gasteiger partial charge in [0.05, 0.1) is 6.10 Å². The zero-order chi connectivity index (χ0) is 22.5. The molecule has 8 nitrogen and oxygen atoms in total. The highest BCUT2D eigenvalue weighted by Gasteiger charge is 2.35. The highest BCUT2D eigenvalue weighted by molar-refractivity contribution is 5.99. The van der Waals surface area contributed by atoms with E-state index in [0.717, 1.165) is 31.9 Å². The Morgan fingerprint density at radius 2 is 1.77 bits per heavy atom. The third kappa shape index (κ3) is 6.04. The van der Waals surface area contributed by atoms with E-state index in [1.165, 1.54) is 0 Å². The van der Waals surface area contributed by atoms with Crippen LogP contribution in [-0.4, -0.2) is 80.5 Å². The first kappa shape index (κ1) is 23.2. The van der Waals surface area contributed by atoms with Gasteiger partial charge in [-0.05, 0) is 50.6 Å². The van der Waals surface area contributed by atoms with Gasteiger partial charge in [0.25, 0.3) is 5.91 Å². The number of ketones is 1. The van der Waals surface area contributed by atoms with Crippen molar-refractivity contribution >= 4 is 23.3 Å². The molecule has 2 amide bonds. The molecular weight excluding hydrogens is 396 g/mol. The number of likely N-dealkylation sites (N-methyl/N-ethyl adjacent to an activating group) is 1. The number of nitrogens with one attached hydrogen (secondary N) is 2.